The van der Waals surface area contributed by atoms with E-state index >= 15 is 0 Å². The smallest absolute Gasteiger partial charge is 0.220 e. The first-order valence-corrected chi connectivity index (χ1v) is 10.0. The van der Waals surface area contributed by atoms with Crippen molar-refractivity contribution in [2.75, 3.05) is 24.6 Å². The number of hydrogen-bond donors (Lipinski definition) is 1. The van der Waals surface area contributed by atoms with Gasteiger partial charge in [-0.3, -0.25) is 4.79 Å². The normalized spacial score (nSPS) is 14.8. The molecule has 0 aliphatic carbocycles. The summed E-state index contributed by atoms with van der Waals surface area (Å²) in [5, 5.41) is 4.20. The van der Waals surface area contributed by atoms with Gasteiger partial charge in [-0.05, 0) is 49.6 Å². The number of carbonyl (C=O) groups is 1. The Morgan fingerprint density at radius 3 is 2.56 bits per heavy atom. The average Bonchev–Trinajstić information content (AvgIpc) is 2.68. The molecule has 1 amide bonds. The third-order valence-corrected chi connectivity index (χ3v) is 5.21. The second-order valence-corrected chi connectivity index (χ2v) is 7.53. The number of nitrogens with one attached hydrogen (secondary N) is 1. The van der Waals surface area contributed by atoms with E-state index in [1.165, 1.54) is 5.69 Å². The number of halogens is 2. The maximum absolute atomic E-state index is 12.2. The SMILES string of the molecule is O=C(CCCOc1ccc(Cl)cc1Cl)NC1CCN(c2ccccc2)CC1. The minimum Gasteiger partial charge on any atom is -0.492 e. The van der Waals surface area contributed by atoms with E-state index in [1.807, 2.05) is 6.07 Å². The van der Waals surface area contributed by atoms with Crippen LogP contribution in [-0.2, 0) is 4.79 Å². The molecule has 0 unspecified atom stereocenters. The molecule has 0 radical (unpaired) electrons. The van der Waals surface area contributed by atoms with Gasteiger partial charge in [-0.1, -0.05) is 41.4 Å². The zero-order chi connectivity index (χ0) is 19.1. The summed E-state index contributed by atoms with van der Waals surface area (Å²) in [4.78, 5) is 14.5. The molecule has 1 saturated heterocycles. The zero-order valence-corrected chi connectivity index (χ0v) is 16.7. The molecule has 4 nitrogen and oxygen atoms in total. The molecule has 1 aliphatic heterocycles. The largest absolute Gasteiger partial charge is 0.492 e. The summed E-state index contributed by atoms with van der Waals surface area (Å²) < 4.78 is 5.62. The zero-order valence-electron chi connectivity index (χ0n) is 15.2. The number of nitrogens with zero attached hydrogens (tertiary/aromatic N) is 1. The van der Waals surface area contributed by atoms with Gasteiger partial charge in [0.05, 0.1) is 11.6 Å². The molecule has 144 valence electrons. The molecule has 1 heterocycles. The lowest BCUT2D eigenvalue weighted by molar-refractivity contribution is -0.122. The fourth-order valence-electron chi connectivity index (χ4n) is 3.23. The minimum absolute atomic E-state index is 0.0824. The molecule has 0 aromatic heterocycles. The number of para-hydroxylation sites is 1. The van der Waals surface area contributed by atoms with Crippen LogP contribution in [0.1, 0.15) is 25.7 Å². The number of hydrogen-bond acceptors (Lipinski definition) is 3. The molecule has 27 heavy (non-hydrogen) atoms. The van der Waals surface area contributed by atoms with Gasteiger partial charge in [0.2, 0.25) is 5.91 Å². The highest BCUT2D eigenvalue weighted by atomic mass is 35.5. The Bertz CT molecular complexity index is 747. The standard InChI is InChI=1S/C21H24Cl2N2O2/c22-16-8-9-20(19(23)15-16)27-14-4-7-21(26)24-17-10-12-25(13-11-17)18-5-2-1-3-6-18/h1-3,5-6,8-9,15,17H,4,7,10-14H2,(H,24,26). The van der Waals surface area contributed by atoms with Crippen LogP contribution in [-0.4, -0.2) is 31.6 Å². The molecular formula is C21H24Cl2N2O2. The van der Waals surface area contributed by atoms with Gasteiger partial charge in [0, 0.05) is 36.3 Å². The number of carbonyl (C=O) groups excluding carboxylic acids is 1. The van der Waals surface area contributed by atoms with Crippen molar-refractivity contribution in [3.63, 3.8) is 0 Å². The molecule has 0 atom stereocenters. The van der Waals surface area contributed by atoms with E-state index in [-0.39, 0.29) is 11.9 Å². The molecule has 3 rings (SSSR count). The summed E-state index contributed by atoms with van der Waals surface area (Å²) in [6.45, 7) is 2.38. The van der Waals surface area contributed by atoms with E-state index in [1.54, 1.807) is 18.2 Å². The number of amides is 1. The highest BCUT2D eigenvalue weighted by Gasteiger charge is 2.20. The quantitative estimate of drug-likeness (QED) is 0.662. The predicted octanol–water partition coefficient (Wildman–Crippen LogP) is 4.94. The number of benzene rings is 2. The second-order valence-electron chi connectivity index (χ2n) is 6.69. The van der Waals surface area contributed by atoms with Gasteiger partial charge in [0.15, 0.2) is 0 Å². The number of anilines is 1. The van der Waals surface area contributed by atoms with Crippen molar-refractivity contribution in [3.05, 3.63) is 58.6 Å². The van der Waals surface area contributed by atoms with Crippen LogP contribution in [0.4, 0.5) is 5.69 Å². The van der Waals surface area contributed by atoms with Crippen LogP contribution in [0.5, 0.6) is 5.75 Å². The monoisotopic (exact) mass is 406 g/mol. The first kappa shape index (κ1) is 19.8. The van der Waals surface area contributed by atoms with Crippen LogP contribution in [0.15, 0.2) is 48.5 Å². The van der Waals surface area contributed by atoms with E-state index in [0.29, 0.717) is 35.2 Å². The first-order valence-electron chi connectivity index (χ1n) is 9.29. The van der Waals surface area contributed by atoms with E-state index in [9.17, 15) is 4.79 Å². The van der Waals surface area contributed by atoms with Gasteiger partial charge in [0.25, 0.3) is 0 Å². The topological polar surface area (TPSA) is 41.6 Å². The molecule has 1 aliphatic rings. The van der Waals surface area contributed by atoms with Crippen molar-refractivity contribution < 1.29 is 9.53 Å². The van der Waals surface area contributed by atoms with Gasteiger partial charge < -0.3 is 15.0 Å². The first-order chi connectivity index (χ1) is 13.1. The third-order valence-electron chi connectivity index (χ3n) is 4.68. The van der Waals surface area contributed by atoms with Crippen molar-refractivity contribution in [3.8, 4) is 5.75 Å². The molecule has 0 bridgehead atoms. The number of rotatable bonds is 7. The van der Waals surface area contributed by atoms with Gasteiger partial charge in [-0.25, -0.2) is 0 Å². The fraction of sp³-hybridized carbons (Fsp3) is 0.381. The summed E-state index contributed by atoms with van der Waals surface area (Å²) in [6.07, 6.45) is 3.03. The van der Waals surface area contributed by atoms with Crippen LogP contribution in [0.3, 0.4) is 0 Å². The van der Waals surface area contributed by atoms with Gasteiger partial charge >= 0.3 is 0 Å². The summed E-state index contributed by atoms with van der Waals surface area (Å²) in [5.74, 6) is 0.675. The van der Waals surface area contributed by atoms with Crippen molar-refractivity contribution >= 4 is 34.8 Å². The van der Waals surface area contributed by atoms with Crippen LogP contribution in [0.25, 0.3) is 0 Å². The summed E-state index contributed by atoms with van der Waals surface area (Å²) in [5.41, 5.74) is 1.25. The Morgan fingerprint density at radius 1 is 1.11 bits per heavy atom. The second kappa shape index (κ2) is 9.86. The fourth-order valence-corrected chi connectivity index (χ4v) is 3.69. The maximum atomic E-state index is 12.2. The van der Waals surface area contributed by atoms with Crippen LogP contribution in [0.2, 0.25) is 10.0 Å². The Morgan fingerprint density at radius 2 is 1.85 bits per heavy atom. The minimum atomic E-state index is 0.0824. The highest BCUT2D eigenvalue weighted by Crippen LogP contribution is 2.27. The van der Waals surface area contributed by atoms with Gasteiger partial charge in [0.1, 0.15) is 5.75 Å². The molecule has 1 N–H and O–H groups in total. The summed E-state index contributed by atoms with van der Waals surface area (Å²) in [7, 11) is 0. The highest BCUT2D eigenvalue weighted by molar-refractivity contribution is 6.35. The average molecular weight is 407 g/mol. The van der Waals surface area contributed by atoms with E-state index < -0.39 is 0 Å². The number of ether oxygens (including phenoxy) is 1. The predicted molar refractivity (Wildman–Crippen MR) is 111 cm³/mol. The van der Waals surface area contributed by atoms with Crippen LogP contribution in [0, 0.1) is 0 Å². The molecule has 1 fully saturated rings. The van der Waals surface area contributed by atoms with Crippen molar-refractivity contribution in [2.45, 2.75) is 31.7 Å². The van der Waals surface area contributed by atoms with Crippen molar-refractivity contribution in [1.29, 1.82) is 0 Å². The van der Waals surface area contributed by atoms with Crippen LogP contribution < -0.4 is 15.0 Å². The lowest BCUT2D eigenvalue weighted by atomic mass is 10.0. The molecule has 2 aromatic rings. The Labute approximate surface area is 170 Å². The molecule has 2 aromatic carbocycles. The van der Waals surface area contributed by atoms with Crippen molar-refractivity contribution in [1.82, 2.24) is 5.32 Å². The Hall–Kier alpha value is -1.91. The Balaban J connectivity index is 1.33. The molecule has 6 heteroatoms. The van der Waals surface area contributed by atoms with E-state index in [0.717, 1.165) is 25.9 Å². The van der Waals surface area contributed by atoms with E-state index in [2.05, 4.69) is 34.5 Å². The Kier molecular flexibility index (Phi) is 7.25. The molecule has 0 spiro atoms. The van der Waals surface area contributed by atoms with Crippen LogP contribution >= 0.6 is 23.2 Å². The van der Waals surface area contributed by atoms with E-state index in [4.69, 9.17) is 27.9 Å². The molecular weight excluding hydrogens is 383 g/mol. The lowest BCUT2D eigenvalue weighted by Crippen LogP contribution is -2.44. The number of piperidine rings is 1. The molecule has 0 saturated carbocycles. The van der Waals surface area contributed by atoms with Gasteiger partial charge in [-0.2, -0.15) is 0 Å². The third kappa shape index (κ3) is 6.05. The summed E-state index contributed by atoms with van der Waals surface area (Å²) >= 11 is 11.9. The van der Waals surface area contributed by atoms with Gasteiger partial charge in [-0.15, -0.1) is 0 Å². The summed E-state index contributed by atoms with van der Waals surface area (Å²) in [6, 6.07) is 15.8. The van der Waals surface area contributed by atoms with Crippen molar-refractivity contribution in [2.24, 2.45) is 0 Å². The lowest BCUT2D eigenvalue weighted by Gasteiger charge is -2.34. The maximum Gasteiger partial charge on any atom is 0.220 e.